The summed E-state index contributed by atoms with van der Waals surface area (Å²) in [7, 11) is 0. The number of benzene rings is 1. The van der Waals surface area contributed by atoms with E-state index in [1.54, 1.807) is 6.20 Å². The zero-order chi connectivity index (χ0) is 22.0. The number of aliphatic hydroxyl groups excluding tert-OH is 1. The number of hydrogen-bond acceptors (Lipinski definition) is 4. The van der Waals surface area contributed by atoms with Gasteiger partial charge < -0.3 is 10.4 Å². The van der Waals surface area contributed by atoms with Crippen LogP contribution in [0.5, 0.6) is 0 Å². The molecule has 1 aliphatic rings. The van der Waals surface area contributed by atoms with Crippen LogP contribution in [0.1, 0.15) is 47.7 Å². The van der Waals surface area contributed by atoms with Crippen LogP contribution < -0.4 is 5.32 Å². The lowest BCUT2D eigenvalue weighted by Crippen LogP contribution is -2.20. The Balaban J connectivity index is 1.62. The van der Waals surface area contributed by atoms with Gasteiger partial charge in [0.2, 0.25) is 0 Å². The lowest BCUT2D eigenvalue weighted by molar-refractivity contribution is 0.102. The van der Waals surface area contributed by atoms with Gasteiger partial charge in [-0.3, -0.25) is 9.78 Å². The third-order valence-electron chi connectivity index (χ3n) is 5.52. The van der Waals surface area contributed by atoms with Gasteiger partial charge in [-0.05, 0) is 67.5 Å². The molecule has 1 aliphatic carbocycles. The molecule has 1 saturated carbocycles. The largest absolute Gasteiger partial charge is 0.393 e. The van der Waals surface area contributed by atoms with Crippen LogP contribution in [0.2, 0.25) is 0 Å². The molecule has 2 N–H and O–H groups in total. The molecule has 0 atom stereocenters. The minimum absolute atomic E-state index is 0.158. The highest BCUT2D eigenvalue weighted by Gasteiger charge is 2.24. The van der Waals surface area contributed by atoms with Crippen LogP contribution in [0.3, 0.4) is 0 Å². The Kier molecular flexibility index (Phi) is 5.99. The van der Waals surface area contributed by atoms with Gasteiger partial charge in [-0.2, -0.15) is 0 Å². The Morgan fingerprint density at radius 2 is 1.68 bits per heavy atom. The van der Waals surface area contributed by atoms with Crippen LogP contribution in [-0.4, -0.2) is 27.1 Å². The summed E-state index contributed by atoms with van der Waals surface area (Å²) in [5, 5.41) is 12.5. The predicted octanol–water partition coefficient (Wildman–Crippen LogP) is 4.83. The normalized spacial score (nSPS) is 18.6. The van der Waals surface area contributed by atoms with Crippen LogP contribution in [0.25, 0.3) is 11.3 Å². The van der Waals surface area contributed by atoms with Crippen molar-refractivity contribution in [3.8, 4) is 11.3 Å². The van der Waals surface area contributed by atoms with Gasteiger partial charge in [-0.25, -0.2) is 18.2 Å². The van der Waals surface area contributed by atoms with E-state index in [0.717, 1.165) is 48.7 Å². The van der Waals surface area contributed by atoms with Crippen molar-refractivity contribution in [1.29, 1.82) is 0 Å². The number of anilines is 1. The Bertz CT molecular complexity index is 1090. The fraction of sp³-hybridized carbons (Fsp3) is 0.261. The van der Waals surface area contributed by atoms with Crippen LogP contribution in [0.15, 0.2) is 48.8 Å². The van der Waals surface area contributed by atoms with Crippen molar-refractivity contribution in [2.24, 2.45) is 0 Å². The Morgan fingerprint density at radius 3 is 2.39 bits per heavy atom. The van der Waals surface area contributed by atoms with Crippen molar-refractivity contribution < 1.29 is 23.1 Å². The first-order valence-electron chi connectivity index (χ1n) is 9.98. The van der Waals surface area contributed by atoms with Crippen molar-refractivity contribution in [3.05, 3.63) is 77.5 Å². The minimum Gasteiger partial charge on any atom is -0.393 e. The maximum atomic E-state index is 14.3. The van der Waals surface area contributed by atoms with E-state index in [9.17, 15) is 23.1 Å². The Hall–Kier alpha value is -3.26. The lowest BCUT2D eigenvalue weighted by atomic mass is 9.82. The number of rotatable bonds is 4. The molecule has 3 aromatic rings. The number of aromatic nitrogens is 2. The zero-order valence-corrected chi connectivity index (χ0v) is 16.5. The van der Waals surface area contributed by atoms with E-state index < -0.39 is 34.6 Å². The van der Waals surface area contributed by atoms with E-state index in [1.807, 2.05) is 6.07 Å². The van der Waals surface area contributed by atoms with E-state index >= 15 is 0 Å². The molecule has 1 fully saturated rings. The number of halogens is 3. The molecule has 2 aromatic heterocycles. The molecule has 0 bridgehead atoms. The molecule has 1 aromatic carbocycles. The molecular formula is C23H20F3N3O2. The molecule has 0 aliphatic heterocycles. The molecule has 1 amide bonds. The fourth-order valence-corrected chi connectivity index (χ4v) is 3.91. The molecule has 2 heterocycles. The molecule has 4 rings (SSSR count). The minimum atomic E-state index is -0.974. The molecule has 0 radical (unpaired) electrons. The van der Waals surface area contributed by atoms with E-state index in [1.165, 1.54) is 6.20 Å². The second-order valence-electron chi connectivity index (χ2n) is 7.55. The summed E-state index contributed by atoms with van der Waals surface area (Å²) in [6, 6.07) is 7.08. The highest BCUT2D eigenvalue weighted by atomic mass is 19.1. The Labute approximate surface area is 177 Å². The predicted molar refractivity (Wildman–Crippen MR) is 109 cm³/mol. The van der Waals surface area contributed by atoms with Gasteiger partial charge in [0.1, 0.15) is 28.8 Å². The van der Waals surface area contributed by atoms with Crippen molar-refractivity contribution in [1.82, 2.24) is 9.97 Å². The first-order chi connectivity index (χ1) is 14.9. The summed E-state index contributed by atoms with van der Waals surface area (Å²) in [5.74, 6) is -3.38. The zero-order valence-electron chi connectivity index (χ0n) is 16.5. The van der Waals surface area contributed by atoms with Gasteiger partial charge in [-0.1, -0.05) is 6.07 Å². The molecule has 0 saturated heterocycles. The maximum Gasteiger partial charge on any atom is 0.274 e. The number of carbonyl (C=O) groups excluding carboxylic acids is 1. The maximum absolute atomic E-state index is 14.3. The number of hydrogen-bond donors (Lipinski definition) is 2. The molecule has 8 heteroatoms. The quantitative estimate of drug-likeness (QED) is 0.625. The van der Waals surface area contributed by atoms with E-state index in [4.69, 9.17) is 0 Å². The third-order valence-corrected chi connectivity index (χ3v) is 5.52. The number of amides is 1. The van der Waals surface area contributed by atoms with E-state index in [2.05, 4.69) is 15.3 Å². The molecule has 0 unspecified atom stereocenters. The summed E-state index contributed by atoms with van der Waals surface area (Å²) < 4.78 is 42.5. The molecule has 0 spiro atoms. The van der Waals surface area contributed by atoms with Crippen molar-refractivity contribution in [2.45, 2.75) is 37.7 Å². The monoisotopic (exact) mass is 427 g/mol. The van der Waals surface area contributed by atoms with Crippen LogP contribution >= 0.6 is 0 Å². The number of nitrogens with zero attached hydrogens (tertiary/aromatic N) is 2. The number of pyridine rings is 2. The summed E-state index contributed by atoms with van der Waals surface area (Å²) in [6.07, 6.45) is 5.75. The van der Waals surface area contributed by atoms with Crippen molar-refractivity contribution in [2.75, 3.05) is 5.32 Å². The molecule has 160 valence electrons. The second kappa shape index (κ2) is 8.85. The van der Waals surface area contributed by atoms with Gasteiger partial charge in [0.15, 0.2) is 0 Å². The average molecular weight is 427 g/mol. The van der Waals surface area contributed by atoms with E-state index in [0.29, 0.717) is 18.5 Å². The highest BCUT2D eigenvalue weighted by Crippen LogP contribution is 2.36. The van der Waals surface area contributed by atoms with E-state index in [-0.39, 0.29) is 17.7 Å². The van der Waals surface area contributed by atoms with Gasteiger partial charge in [0.05, 0.1) is 23.6 Å². The van der Waals surface area contributed by atoms with Gasteiger partial charge in [0, 0.05) is 6.20 Å². The van der Waals surface area contributed by atoms with Crippen LogP contribution in [-0.2, 0) is 0 Å². The topological polar surface area (TPSA) is 75.1 Å². The van der Waals surface area contributed by atoms with Gasteiger partial charge in [0.25, 0.3) is 5.91 Å². The first-order valence-corrected chi connectivity index (χ1v) is 9.98. The van der Waals surface area contributed by atoms with Crippen molar-refractivity contribution in [3.63, 3.8) is 0 Å². The first kappa shape index (κ1) is 21.0. The third kappa shape index (κ3) is 4.44. The second-order valence-corrected chi connectivity index (χ2v) is 7.55. The van der Waals surface area contributed by atoms with Crippen molar-refractivity contribution >= 4 is 11.6 Å². The summed E-state index contributed by atoms with van der Waals surface area (Å²) >= 11 is 0. The molecule has 5 nitrogen and oxygen atoms in total. The molecule has 31 heavy (non-hydrogen) atoms. The smallest absolute Gasteiger partial charge is 0.274 e. The fourth-order valence-electron chi connectivity index (χ4n) is 3.91. The summed E-state index contributed by atoms with van der Waals surface area (Å²) in [4.78, 5) is 20.8. The SMILES string of the molecule is O=C(Nc1cnccc1C1CCC(O)CC1)c1ccc(F)c(-c2c(F)cccc2F)n1. The lowest BCUT2D eigenvalue weighted by Gasteiger charge is -2.27. The Morgan fingerprint density at radius 1 is 0.968 bits per heavy atom. The average Bonchev–Trinajstić information content (AvgIpc) is 2.76. The standard InChI is InChI=1S/C23H20F3N3O2/c24-16-2-1-3-17(25)21(16)22-18(26)8-9-19(28-22)23(31)29-20-12-27-11-10-15(20)13-4-6-14(30)7-5-13/h1-3,8-14,30H,4-7H2,(H,29,31). The van der Waals surface area contributed by atoms with Crippen LogP contribution in [0.4, 0.5) is 18.9 Å². The van der Waals surface area contributed by atoms with Gasteiger partial charge >= 0.3 is 0 Å². The number of nitrogens with one attached hydrogen (secondary N) is 1. The number of aliphatic hydroxyl groups is 1. The highest BCUT2D eigenvalue weighted by molar-refractivity contribution is 6.03. The number of carbonyl (C=O) groups is 1. The van der Waals surface area contributed by atoms with Gasteiger partial charge in [-0.15, -0.1) is 0 Å². The van der Waals surface area contributed by atoms with Crippen LogP contribution in [0, 0.1) is 17.5 Å². The summed E-state index contributed by atoms with van der Waals surface area (Å²) in [5.41, 5.74) is -0.0160. The summed E-state index contributed by atoms with van der Waals surface area (Å²) in [6.45, 7) is 0. The molecular weight excluding hydrogens is 407 g/mol.